The van der Waals surface area contributed by atoms with Gasteiger partial charge in [0, 0.05) is 39.1 Å². The van der Waals surface area contributed by atoms with E-state index in [9.17, 15) is 0 Å². The highest BCUT2D eigenvalue weighted by molar-refractivity contribution is 6.01. The summed E-state index contributed by atoms with van der Waals surface area (Å²) in [4.78, 5) is 2.49. The number of ether oxygens (including phenoxy) is 2. The van der Waals surface area contributed by atoms with Crippen molar-refractivity contribution in [1.82, 2.24) is 0 Å². The zero-order valence-corrected chi connectivity index (χ0v) is 38.6. The third-order valence-corrected chi connectivity index (χ3v) is 15.6. The van der Waals surface area contributed by atoms with E-state index in [1.807, 2.05) is 0 Å². The zero-order valence-electron chi connectivity index (χ0n) is 38.6. The average Bonchev–Trinajstić information content (AvgIpc) is 3.90. The van der Waals surface area contributed by atoms with E-state index >= 15 is 0 Å². The Bertz CT molecular complexity index is 3870. The second-order valence-electron chi connectivity index (χ2n) is 19.0. The van der Waals surface area contributed by atoms with E-state index in [2.05, 4.69) is 266 Å². The fraction of sp³-hybridized carbons (Fsp3) is 0.0294. The first-order valence-corrected chi connectivity index (χ1v) is 24.5. The molecule has 2 aliphatic heterocycles. The van der Waals surface area contributed by atoms with Gasteiger partial charge in [0.1, 0.15) is 23.0 Å². The van der Waals surface area contributed by atoms with Crippen LogP contribution in [-0.4, -0.2) is 0 Å². The van der Waals surface area contributed by atoms with Crippen molar-refractivity contribution in [2.24, 2.45) is 0 Å². The molecule has 3 nitrogen and oxygen atoms in total. The van der Waals surface area contributed by atoms with E-state index in [0.717, 1.165) is 79.0 Å². The molecule has 3 heteroatoms. The van der Waals surface area contributed by atoms with Crippen LogP contribution in [0.4, 0.5) is 17.1 Å². The molecule has 0 N–H and O–H groups in total. The molecule has 0 fully saturated rings. The molecule has 0 saturated heterocycles. The fourth-order valence-electron chi connectivity index (χ4n) is 12.9. The average molecular weight is 906 g/mol. The van der Waals surface area contributed by atoms with Gasteiger partial charge in [-0.05, 0) is 104 Å². The smallest absolute Gasteiger partial charge is 0.132 e. The number of benzene rings is 11. The molecule has 0 saturated carbocycles. The van der Waals surface area contributed by atoms with Gasteiger partial charge in [0.25, 0.3) is 0 Å². The van der Waals surface area contributed by atoms with Gasteiger partial charge in [-0.2, -0.15) is 0 Å². The Hall–Kier alpha value is -9.18. The van der Waals surface area contributed by atoms with Crippen LogP contribution in [0.2, 0.25) is 0 Å². The Morgan fingerprint density at radius 2 is 0.606 bits per heavy atom. The highest BCUT2D eigenvalue weighted by Crippen LogP contribution is 2.66. The van der Waals surface area contributed by atoms with Crippen LogP contribution in [0, 0.1) is 0 Å². The van der Waals surface area contributed by atoms with Crippen LogP contribution < -0.4 is 14.4 Å². The molecule has 2 heterocycles. The fourth-order valence-corrected chi connectivity index (χ4v) is 12.9. The molecule has 0 aromatic heterocycles. The van der Waals surface area contributed by atoms with Gasteiger partial charge >= 0.3 is 0 Å². The van der Waals surface area contributed by atoms with E-state index in [1.165, 1.54) is 50.1 Å². The summed E-state index contributed by atoms with van der Waals surface area (Å²) in [6, 6.07) is 95.0. The molecule has 2 aliphatic carbocycles. The first kappa shape index (κ1) is 39.8. The van der Waals surface area contributed by atoms with Crippen molar-refractivity contribution in [1.29, 1.82) is 0 Å². The number of hydrogen-bond acceptors (Lipinski definition) is 3. The van der Waals surface area contributed by atoms with Crippen LogP contribution in [0.15, 0.2) is 261 Å². The Morgan fingerprint density at radius 1 is 0.239 bits per heavy atom. The van der Waals surface area contributed by atoms with Crippen molar-refractivity contribution in [2.75, 3.05) is 4.90 Å². The molecule has 0 unspecified atom stereocenters. The number of nitrogens with zero attached hydrogens (tertiary/aromatic N) is 1. The van der Waals surface area contributed by atoms with Crippen molar-refractivity contribution in [3.05, 3.63) is 305 Å². The quantitative estimate of drug-likeness (QED) is 0.172. The van der Waals surface area contributed by atoms with Crippen molar-refractivity contribution in [2.45, 2.75) is 10.8 Å². The predicted molar refractivity (Wildman–Crippen MR) is 287 cm³/mol. The third-order valence-electron chi connectivity index (χ3n) is 15.6. The van der Waals surface area contributed by atoms with Gasteiger partial charge in [-0.25, -0.2) is 0 Å². The standard InChI is InChI=1S/C68H43NO2/c1-2-20-44(21-3-1)47-22-6-13-34-59(47)69(60-35-19-33-58-66(60)50-24-5-8-27-52(50)68(58)55-30-11-16-38-63(55)71-64-39-17-12-31-56(64)68)46-42-40-45(41-43-46)48-25-18-32-57-65(48)49-23-4-7-26-51(49)67(57)53-28-9-14-36-61(53)70-62-37-15-10-29-54(62)67/h1-43H. The van der Waals surface area contributed by atoms with Gasteiger partial charge in [-0.1, -0.05) is 212 Å². The lowest BCUT2D eigenvalue weighted by Crippen LogP contribution is -2.32. The molecular weight excluding hydrogens is 863 g/mol. The van der Waals surface area contributed by atoms with Crippen LogP contribution in [0.5, 0.6) is 23.0 Å². The molecule has 0 atom stereocenters. The summed E-state index contributed by atoms with van der Waals surface area (Å²) >= 11 is 0. The molecule has 332 valence electrons. The molecular formula is C68H43NO2. The number of hydrogen-bond donors (Lipinski definition) is 0. The van der Waals surface area contributed by atoms with Crippen molar-refractivity contribution in [3.8, 4) is 67.5 Å². The normalized spacial score (nSPS) is 14.1. The zero-order chi connectivity index (χ0) is 46.7. The lowest BCUT2D eigenvalue weighted by Gasteiger charge is -2.39. The van der Waals surface area contributed by atoms with Gasteiger partial charge in [-0.15, -0.1) is 0 Å². The molecule has 4 aliphatic rings. The Labute approximate surface area is 413 Å². The van der Waals surface area contributed by atoms with Gasteiger partial charge in [-0.3, -0.25) is 0 Å². The van der Waals surface area contributed by atoms with Crippen molar-refractivity contribution in [3.63, 3.8) is 0 Å². The van der Waals surface area contributed by atoms with Crippen LogP contribution >= 0.6 is 0 Å². The lowest BCUT2D eigenvalue weighted by molar-refractivity contribution is 0.436. The van der Waals surface area contributed by atoms with E-state index < -0.39 is 10.8 Å². The van der Waals surface area contributed by atoms with Crippen LogP contribution in [0.3, 0.4) is 0 Å². The largest absolute Gasteiger partial charge is 0.457 e. The molecule has 11 aromatic carbocycles. The molecule has 0 amide bonds. The topological polar surface area (TPSA) is 21.7 Å². The van der Waals surface area contributed by atoms with E-state index in [-0.39, 0.29) is 0 Å². The van der Waals surface area contributed by atoms with E-state index in [0.29, 0.717) is 0 Å². The second kappa shape index (κ2) is 15.2. The Kier molecular flexibility index (Phi) is 8.49. The van der Waals surface area contributed by atoms with E-state index in [1.54, 1.807) is 0 Å². The Balaban J connectivity index is 0.957. The third kappa shape index (κ3) is 5.38. The highest BCUT2D eigenvalue weighted by atomic mass is 16.5. The number of anilines is 3. The summed E-state index contributed by atoms with van der Waals surface area (Å²) in [7, 11) is 0. The van der Waals surface area contributed by atoms with Gasteiger partial charge < -0.3 is 14.4 Å². The van der Waals surface area contributed by atoms with Crippen molar-refractivity contribution < 1.29 is 9.47 Å². The van der Waals surface area contributed by atoms with Crippen LogP contribution in [-0.2, 0) is 10.8 Å². The monoisotopic (exact) mass is 905 g/mol. The minimum Gasteiger partial charge on any atom is -0.457 e. The first-order valence-electron chi connectivity index (χ1n) is 24.5. The minimum atomic E-state index is -0.603. The molecule has 15 rings (SSSR count). The summed E-state index contributed by atoms with van der Waals surface area (Å²) in [6.45, 7) is 0. The maximum Gasteiger partial charge on any atom is 0.132 e. The molecule has 0 bridgehead atoms. The van der Waals surface area contributed by atoms with Gasteiger partial charge in [0.15, 0.2) is 0 Å². The summed E-state index contributed by atoms with van der Waals surface area (Å²) in [5, 5.41) is 0. The second-order valence-corrected chi connectivity index (χ2v) is 19.0. The van der Waals surface area contributed by atoms with Crippen molar-refractivity contribution >= 4 is 17.1 Å². The SMILES string of the molecule is c1ccc(-c2ccccc2N(c2ccc(-c3cccc4c3-c3ccccc3C43c4ccccc4Oc4ccccc43)cc2)c2cccc3c2-c2ccccc2C32c3ccccc3Oc3ccccc32)cc1. The number of rotatable bonds is 5. The molecule has 11 aromatic rings. The minimum absolute atomic E-state index is 0.544. The van der Waals surface area contributed by atoms with Crippen LogP contribution in [0.25, 0.3) is 44.5 Å². The first-order chi connectivity index (χ1) is 35.2. The van der Waals surface area contributed by atoms with E-state index in [4.69, 9.17) is 9.47 Å². The Morgan fingerprint density at radius 3 is 1.15 bits per heavy atom. The predicted octanol–water partition coefficient (Wildman–Crippen LogP) is 17.4. The van der Waals surface area contributed by atoms with Gasteiger partial charge in [0.05, 0.1) is 22.2 Å². The number of para-hydroxylation sites is 5. The maximum atomic E-state index is 6.72. The molecule has 2 spiro atoms. The summed E-state index contributed by atoms with van der Waals surface area (Å²) in [5.41, 5.74) is 21.4. The van der Waals surface area contributed by atoms with Gasteiger partial charge in [0.2, 0.25) is 0 Å². The maximum absolute atomic E-state index is 6.72. The van der Waals surface area contributed by atoms with Crippen LogP contribution in [0.1, 0.15) is 44.5 Å². The molecule has 71 heavy (non-hydrogen) atoms. The summed E-state index contributed by atoms with van der Waals surface area (Å²) in [5.74, 6) is 3.55. The number of fused-ring (bicyclic) bond motifs is 18. The summed E-state index contributed by atoms with van der Waals surface area (Å²) in [6.07, 6.45) is 0. The highest BCUT2D eigenvalue weighted by Gasteiger charge is 2.53. The lowest BCUT2D eigenvalue weighted by atomic mass is 9.66. The molecule has 0 radical (unpaired) electrons. The summed E-state index contributed by atoms with van der Waals surface area (Å²) < 4.78 is 13.4.